The van der Waals surface area contributed by atoms with Gasteiger partial charge in [0.2, 0.25) is 0 Å². The van der Waals surface area contributed by atoms with Crippen LogP contribution in [0.25, 0.3) is 0 Å². The smallest absolute Gasteiger partial charge is 0.00896 e. The highest BCUT2D eigenvalue weighted by molar-refractivity contribution is 7.80. The first kappa shape index (κ1) is 10.6. The van der Waals surface area contributed by atoms with Crippen LogP contribution in [0, 0.1) is 0 Å². The van der Waals surface area contributed by atoms with Crippen LogP contribution in [0.3, 0.4) is 0 Å². The molecule has 2 N–H and O–H groups in total. The second-order valence-corrected chi connectivity index (χ2v) is 4.42. The summed E-state index contributed by atoms with van der Waals surface area (Å²) in [5.41, 5.74) is 7.27. The van der Waals surface area contributed by atoms with Crippen LogP contribution in [0.2, 0.25) is 0 Å². The number of nitrogens with two attached hydrogens (primary N) is 1. The van der Waals surface area contributed by atoms with Gasteiger partial charge in [0.05, 0.1) is 0 Å². The van der Waals surface area contributed by atoms with Crippen molar-refractivity contribution >= 4 is 12.6 Å². The molecule has 1 aromatic carbocycles. The van der Waals surface area contributed by atoms with E-state index >= 15 is 0 Å². The molecule has 0 aliphatic carbocycles. The third kappa shape index (κ3) is 4.34. The van der Waals surface area contributed by atoms with E-state index in [2.05, 4.69) is 31.7 Å². The molecule has 0 saturated carbocycles. The maximum atomic E-state index is 5.96. The second-order valence-electron chi connectivity index (χ2n) is 3.53. The molecular formula is C11H17NS. The molecule has 0 spiro atoms. The molecule has 0 aromatic heterocycles. The topological polar surface area (TPSA) is 26.0 Å². The minimum Gasteiger partial charge on any atom is -0.327 e. The molecule has 0 aliphatic heterocycles. The fourth-order valence-electron chi connectivity index (χ4n) is 1.44. The Kier molecular flexibility index (Phi) is 4.33. The van der Waals surface area contributed by atoms with E-state index < -0.39 is 0 Å². The summed E-state index contributed by atoms with van der Waals surface area (Å²) in [5, 5.41) is 0.388. The van der Waals surface area contributed by atoms with E-state index in [1.165, 1.54) is 5.56 Å². The van der Waals surface area contributed by atoms with E-state index in [4.69, 9.17) is 5.73 Å². The summed E-state index contributed by atoms with van der Waals surface area (Å²) in [4.78, 5) is 0. The van der Waals surface area contributed by atoms with Gasteiger partial charge in [0.1, 0.15) is 0 Å². The van der Waals surface area contributed by atoms with Gasteiger partial charge in [0.25, 0.3) is 0 Å². The number of benzene rings is 1. The fraction of sp³-hybridized carbons (Fsp3) is 0.455. The molecule has 72 valence electrons. The highest BCUT2D eigenvalue weighted by atomic mass is 32.1. The summed E-state index contributed by atoms with van der Waals surface area (Å²) in [6.45, 7) is 2.08. The van der Waals surface area contributed by atoms with Gasteiger partial charge >= 0.3 is 0 Å². The zero-order chi connectivity index (χ0) is 9.68. The lowest BCUT2D eigenvalue weighted by Crippen LogP contribution is -2.25. The van der Waals surface area contributed by atoms with Gasteiger partial charge < -0.3 is 5.73 Å². The summed E-state index contributed by atoms with van der Waals surface area (Å²) in [7, 11) is 0. The third-order valence-electron chi connectivity index (χ3n) is 1.98. The van der Waals surface area contributed by atoms with E-state index in [1.807, 2.05) is 18.2 Å². The van der Waals surface area contributed by atoms with Crippen molar-refractivity contribution in [1.82, 2.24) is 0 Å². The van der Waals surface area contributed by atoms with Gasteiger partial charge in [-0.2, -0.15) is 12.6 Å². The number of thiol groups is 1. The third-order valence-corrected chi connectivity index (χ3v) is 2.20. The summed E-state index contributed by atoms with van der Waals surface area (Å²) in [6, 6.07) is 10.6. The van der Waals surface area contributed by atoms with Crippen LogP contribution in [0.1, 0.15) is 18.9 Å². The molecule has 0 radical (unpaired) electrons. The van der Waals surface area contributed by atoms with Crippen molar-refractivity contribution in [2.75, 3.05) is 0 Å². The lowest BCUT2D eigenvalue weighted by Gasteiger charge is -2.13. The van der Waals surface area contributed by atoms with E-state index in [-0.39, 0.29) is 6.04 Å². The maximum absolute atomic E-state index is 5.96. The normalized spacial score (nSPS) is 15.3. The SMILES string of the molecule is CC(S)C[C@H](N)Cc1ccccc1. The minimum absolute atomic E-state index is 0.231. The van der Waals surface area contributed by atoms with Crippen molar-refractivity contribution < 1.29 is 0 Å². The zero-order valence-corrected chi connectivity index (χ0v) is 8.87. The van der Waals surface area contributed by atoms with Crippen LogP contribution in [0.15, 0.2) is 30.3 Å². The van der Waals surface area contributed by atoms with Gasteiger partial charge in [0, 0.05) is 11.3 Å². The first-order valence-corrected chi connectivity index (χ1v) is 5.17. The number of hydrogen-bond donors (Lipinski definition) is 2. The van der Waals surface area contributed by atoms with E-state index in [9.17, 15) is 0 Å². The van der Waals surface area contributed by atoms with Crippen LogP contribution < -0.4 is 5.73 Å². The molecule has 0 aliphatic rings. The number of rotatable bonds is 4. The van der Waals surface area contributed by atoms with Crippen molar-refractivity contribution in [3.8, 4) is 0 Å². The average molecular weight is 195 g/mol. The molecule has 0 fully saturated rings. The maximum Gasteiger partial charge on any atom is 0.00896 e. The molecule has 0 saturated heterocycles. The summed E-state index contributed by atoms with van der Waals surface area (Å²) in [5.74, 6) is 0. The van der Waals surface area contributed by atoms with Crippen molar-refractivity contribution in [2.45, 2.75) is 31.1 Å². The van der Waals surface area contributed by atoms with E-state index in [0.717, 1.165) is 12.8 Å². The molecule has 0 bridgehead atoms. The zero-order valence-electron chi connectivity index (χ0n) is 7.98. The predicted molar refractivity (Wildman–Crippen MR) is 61.2 cm³/mol. The van der Waals surface area contributed by atoms with Gasteiger partial charge in [-0.25, -0.2) is 0 Å². The molecule has 1 unspecified atom stereocenters. The molecular weight excluding hydrogens is 178 g/mol. The van der Waals surface area contributed by atoms with Crippen LogP contribution in [0.4, 0.5) is 0 Å². The molecule has 0 amide bonds. The molecule has 13 heavy (non-hydrogen) atoms. The first-order valence-electron chi connectivity index (χ1n) is 4.66. The second kappa shape index (κ2) is 5.30. The van der Waals surface area contributed by atoms with Gasteiger partial charge in [0.15, 0.2) is 0 Å². The van der Waals surface area contributed by atoms with Crippen molar-refractivity contribution in [2.24, 2.45) is 5.73 Å². The van der Waals surface area contributed by atoms with Gasteiger partial charge in [-0.05, 0) is 18.4 Å². The molecule has 1 nitrogen and oxygen atoms in total. The highest BCUT2D eigenvalue weighted by Crippen LogP contribution is 2.08. The van der Waals surface area contributed by atoms with Crippen molar-refractivity contribution in [1.29, 1.82) is 0 Å². The fourth-order valence-corrected chi connectivity index (χ4v) is 1.71. The largest absolute Gasteiger partial charge is 0.327 e. The minimum atomic E-state index is 0.231. The van der Waals surface area contributed by atoms with Crippen molar-refractivity contribution in [3.05, 3.63) is 35.9 Å². The summed E-state index contributed by atoms with van der Waals surface area (Å²) in [6.07, 6.45) is 1.92. The Balaban J connectivity index is 2.41. The van der Waals surface area contributed by atoms with Crippen LogP contribution in [-0.2, 0) is 6.42 Å². The van der Waals surface area contributed by atoms with E-state index in [0.29, 0.717) is 5.25 Å². The summed E-state index contributed by atoms with van der Waals surface area (Å²) >= 11 is 4.32. The van der Waals surface area contributed by atoms with Crippen LogP contribution >= 0.6 is 12.6 Å². The average Bonchev–Trinajstić information content (AvgIpc) is 2.04. The lowest BCUT2D eigenvalue weighted by molar-refractivity contribution is 0.610. The Hall–Kier alpha value is -0.470. The summed E-state index contributed by atoms with van der Waals surface area (Å²) < 4.78 is 0. The van der Waals surface area contributed by atoms with Crippen molar-refractivity contribution in [3.63, 3.8) is 0 Å². The standard InChI is InChI=1S/C11H17NS/c1-9(13)7-11(12)8-10-5-3-2-4-6-10/h2-6,9,11,13H,7-8,12H2,1H3/t9?,11-/m0/s1. The number of hydrogen-bond acceptors (Lipinski definition) is 2. The molecule has 2 heteroatoms. The quantitative estimate of drug-likeness (QED) is 0.708. The molecule has 1 aromatic rings. The lowest BCUT2D eigenvalue weighted by atomic mass is 10.0. The molecule has 0 heterocycles. The Morgan fingerprint density at radius 1 is 1.31 bits per heavy atom. The Bertz CT molecular complexity index is 233. The van der Waals surface area contributed by atoms with Gasteiger partial charge in [-0.1, -0.05) is 37.3 Å². The van der Waals surface area contributed by atoms with Gasteiger partial charge in [-0.15, -0.1) is 0 Å². The van der Waals surface area contributed by atoms with Crippen LogP contribution in [-0.4, -0.2) is 11.3 Å². The first-order chi connectivity index (χ1) is 6.18. The predicted octanol–water partition coefficient (Wildman–Crippen LogP) is 2.26. The monoisotopic (exact) mass is 195 g/mol. The Morgan fingerprint density at radius 3 is 2.46 bits per heavy atom. The van der Waals surface area contributed by atoms with E-state index in [1.54, 1.807) is 0 Å². The van der Waals surface area contributed by atoms with Crippen LogP contribution in [0.5, 0.6) is 0 Å². The highest BCUT2D eigenvalue weighted by Gasteiger charge is 2.06. The molecule has 2 atom stereocenters. The Labute approximate surface area is 85.8 Å². The molecule has 1 rings (SSSR count). The Morgan fingerprint density at radius 2 is 1.92 bits per heavy atom. The van der Waals surface area contributed by atoms with Gasteiger partial charge in [-0.3, -0.25) is 0 Å².